The van der Waals surface area contributed by atoms with Gasteiger partial charge in [-0.05, 0) is 6.42 Å². The number of nitrogens with one attached hydrogen (secondary N) is 2. The highest BCUT2D eigenvalue weighted by atomic mass is 16.4. The van der Waals surface area contributed by atoms with Crippen molar-refractivity contribution >= 4 is 23.9 Å². The van der Waals surface area contributed by atoms with Crippen LogP contribution >= 0.6 is 0 Å². The van der Waals surface area contributed by atoms with E-state index in [1.807, 2.05) is 0 Å². The van der Waals surface area contributed by atoms with E-state index in [-0.39, 0.29) is 18.5 Å². The van der Waals surface area contributed by atoms with Crippen LogP contribution in [0.2, 0.25) is 0 Å². The molecule has 0 bridgehead atoms. The Balaban J connectivity index is 2.51. The fourth-order valence-electron chi connectivity index (χ4n) is 1.97. The molecule has 1 heterocycles. The van der Waals surface area contributed by atoms with Gasteiger partial charge in [-0.15, -0.1) is 0 Å². The van der Waals surface area contributed by atoms with Crippen molar-refractivity contribution in [2.45, 2.75) is 31.8 Å². The van der Waals surface area contributed by atoms with Crippen LogP contribution in [0.15, 0.2) is 0 Å². The molecule has 1 fully saturated rings. The highest BCUT2D eigenvalue weighted by molar-refractivity contribution is 5.86. The van der Waals surface area contributed by atoms with Crippen molar-refractivity contribution in [1.29, 1.82) is 0 Å². The normalized spacial score (nSPS) is 19.2. The molecule has 9 heteroatoms. The van der Waals surface area contributed by atoms with Gasteiger partial charge in [0.1, 0.15) is 6.04 Å². The summed E-state index contributed by atoms with van der Waals surface area (Å²) in [4.78, 5) is 45.4. The molecule has 1 aliphatic heterocycles. The number of likely N-dealkylation sites (tertiary alicyclic amines) is 1. The number of carbonyl (C=O) groups excluding carboxylic acids is 2. The number of carboxylic acid groups (broad SMARTS) is 2. The molecule has 0 aliphatic carbocycles. The summed E-state index contributed by atoms with van der Waals surface area (Å²) in [5.74, 6) is -2.92. The standard InChI is InChI=1S/C11H17N3O6/c1-6(15)12-7-2-3-14(5-7)11(20)13-8(10(18)19)4-9(16)17/h7-8H,2-5H2,1H3,(H,12,15)(H,13,20)(H,16,17)(H,18,19). The van der Waals surface area contributed by atoms with Crippen molar-refractivity contribution in [1.82, 2.24) is 15.5 Å². The maximum Gasteiger partial charge on any atom is 0.326 e. The second-order valence-electron chi connectivity index (χ2n) is 4.57. The van der Waals surface area contributed by atoms with Gasteiger partial charge in [0.05, 0.1) is 6.42 Å². The largest absolute Gasteiger partial charge is 0.481 e. The number of aliphatic carboxylic acids is 2. The lowest BCUT2D eigenvalue weighted by atomic mass is 10.2. The number of amides is 3. The van der Waals surface area contributed by atoms with E-state index < -0.39 is 30.4 Å². The van der Waals surface area contributed by atoms with E-state index in [9.17, 15) is 19.2 Å². The first kappa shape index (κ1) is 15.7. The second kappa shape index (κ2) is 6.73. The van der Waals surface area contributed by atoms with Crippen LogP contribution in [0, 0.1) is 0 Å². The van der Waals surface area contributed by atoms with E-state index >= 15 is 0 Å². The monoisotopic (exact) mass is 287 g/mol. The second-order valence-corrected chi connectivity index (χ2v) is 4.57. The van der Waals surface area contributed by atoms with Gasteiger partial charge in [0.2, 0.25) is 5.91 Å². The number of hydrogen-bond acceptors (Lipinski definition) is 4. The lowest BCUT2D eigenvalue weighted by Gasteiger charge is -2.20. The van der Waals surface area contributed by atoms with Gasteiger partial charge in [-0.25, -0.2) is 9.59 Å². The summed E-state index contributed by atoms with van der Waals surface area (Å²) in [5.41, 5.74) is 0. The van der Waals surface area contributed by atoms with E-state index in [1.165, 1.54) is 11.8 Å². The molecule has 2 atom stereocenters. The average Bonchev–Trinajstić information content (AvgIpc) is 2.74. The molecular weight excluding hydrogens is 270 g/mol. The number of hydrogen-bond donors (Lipinski definition) is 4. The highest BCUT2D eigenvalue weighted by Gasteiger charge is 2.30. The van der Waals surface area contributed by atoms with Crippen LogP contribution in [0.5, 0.6) is 0 Å². The van der Waals surface area contributed by atoms with Crippen molar-refractivity contribution < 1.29 is 29.4 Å². The maximum absolute atomic E-state index is 11.8. The molecule has 0 aromatic rings. The number of rotatable bonds is 5. The predicted molar refractivity (Wildman–Crippen MR) is 66.0 cm³/mol. The van der Waals surface area contributed by atoms with E-state index in [4.69, 9.17) is 10.2 Å². The number of nitrogens with zero attached hydrogens (tertiary/aromatic N) is 1. The van der Waals surface area contributed by atoms with Crippen LogP contribution in [-0.4, -0.2) is 64.2 Å². The van der Waals surface area contributed by atoms with Crippen LogP contribution in [0.1, 0.15) is 19.8 Å². The summed E-state index contributed by atoms with van der Waals surface area (Å²) < 4.78 is 0. The zero-order valence-corrected chi connectivity index (χ0v) is 11.0. The SMILES string of the molecule is CC(=O)NC1CCN(C(=O)NC(CC(=O)O)C(=O)O)C1. The van der Waals surface area contributed by atoms with Gasteiger partial charge >= 0.3 is 18.0 Å². The van der Waals surface area contributed by atoms with Gasteiger partial charge in [-0.1, -0.05) is 0 Å². The Morgan fingerprint density at radius 1 is 1.30 bits per heavy atom. The van der Waals surface area contributed by atoms with Gasteiger partial charge in [-0.2, -0.15) is 0 Å². The minimum absolute atomic E-state index is 0.166. The minimum atomic E-state index is -1.47. The molecule has 0 aromatic heterocycles. The third-order valence-corrected chi connectivity index (χ3v) is 2.86. The fourth-order valence-corrected chi connectivity index (χ4v) is 1.97. The number of urea groups is 1. The molecule has 1 saturated heterocycles. The Hall–Kier alpha value is -2.32. The molecular formula is C11H17N3O6. The molecule has 4 N–H and O–H groups in total. The smallest absolute Gasteiger partial charge is 0.326 e. The summed E-state index contributed by atoms with van der Waals surface area (Å²) in [6.45, 7) is 2.01. The van der Waals surface area contributed by atoms with E-state index in [2.05, 4.69) is 10.6 Å². The van der Waals surface area contributed by atoms with Crippen molar-refractivity contribution in [2.24, 2.45) is 0 Å². The Kier molecular flexibility index (Phi) is 5.30. The first-order valence-electron chi connectivity index (χ1n) is 6.06. The minimum Gasteiger partial charge on any atom is -0.481 e. The highest BCUT2D eigenvalue weighted by Crippen LogP contribution is 2.09. The number of carbonyl (C=O) groups is 4. The molecule has 2 unspecified atom stereocenters. The quantitative estimate of drug-likeness (QED) is 0.503. The van der Waals surface area contributed by atoms with Gasteiger partial charge < -0.3 is 25.7 Å². The maximum atomic E-state index is 11.8. The van der Waals surface area contributed by atoms with E-state index in [0.717, 1.165) is 0 Å². The summed E-state index contributed by atoms with van der Waals surface area (Å²) in [5, 5.41) is 22.2. The zero-order chi connectivity index (χ0) is 15.3. The zero-order valence-electron chi connectivity index (χ0n) is 11.0. The lowest BCUT2D eigenvalue weighted by molar-refractivity contribution is -0.145. The van der Waals surface area contributed by atoms with Crippen LogP contribution in [0.4, 0.5) is 4.79 Å². The molecule has 0 saturated carbocycles. The third-order valence-electron chi connectivity index (χ3n) is 2.86. The Morgan fingerprint density at radius 3 is 2.45 bits per heavy atom. The van der Waals surface area contributed by atoms with Gasteiger partial charge in [0, 0.05) is 26.1 Å². The summed E-state index contributed by atoms with van der Waals surface area (Å²) in [7, 11) is 0. The van der Waals surface area contributed by atoms with Crippen LogP contribution in [0.3, 0.4) is 0 Å². The Labute approximate surface area is 114 Å². The Morgan fingerprint density at radius 2 is 1.95 bits per heavy atom. The van der Waals surface area contributed by atoms with E-state index in [1.54, 1.807) is 0 Å². The molecule has 112 valence electrons. The average molecular weight is 287 g/mol. The first-order valence-corrected chi connectivity index (χ1v) is 6.06. The van der Waals surface area contributed by atoms with Gasteiger partial charge in [0.25, 0.3) is 0 Å². The molecule has 3 amide bonds. The fraction of sp³-hybridized carbons (Fsp3) is 0.636. The molecule has 9 nitrogen and oxygen atoms in total. The van der Waals surface area contributed by atoms with E-state index in [0.29, 0.717) is 13.0 Å². The van der Waals surface area contributed by atoms with Gasteiger partial charge in [0.15, 0.2) is 0 Å². The summed E-state index contributed by atoms with van der Waals surface area (Å²) in [6, 6.07) is -2.28. The predicted octanol–water partition coefficient (Wildman–Crippen LogP) is -1.17. The topological polar surface area (TPSA) is 136 Å². The van der Waals surface area contributed by atoms with Crippen LogP contribution in [0.25, 0.3) is 0 Å². The summed E-state index contributed by atoms with van der Waals surface area (Å²) in [6.07, 6.45) is -0.117. The molecule has 0 spiro atoms. The lowest BCUT2D eigenvalue weighted by Crippen LogP contribution is -2.48. The van der Waals surface area contributed by atoms with Crippen LogP contribution in [-0.2, 0) is 14.4 Å². The third kappa shape index (κ3) is 4.75. The molecule has 1 rings (SSSR count). The molecule has 1 aliphatic rings. The van der Waals surface area contributed by atoms with Gasteiger partial charge in [-0.3, -0.25) is 9.59 Å². The Bertz CT molecular complexity index is 424. The number of carboxylic acids is 2. The van der Waals surface area contributed by atoms with Crippen molar-refractivity contribution in [2.75, 3.05) is 13.1 Å². The first-order chi connectivity index (χ1) is 9.29. The van der Waals surface area contributed by atoms with Crippen LogP contribution < -0.4 is 10.6 Å². The molecule has 0 radical (unpaired) electrons. The summed E-state index contributed by atoms with van der Waals surface area (Å²) >= 11 is 0. The van der Waals surface area contributed by atoms with Crippen molar-refractivity contribution in [3.63, 3.8) is 0 Å². The molecule has 20 heavy (non-hydrogen) atoms. The van der Waals surface area contributed by atoms with Crippen molar-refractivity contribution in [3.8, 4) is 0 Å². The molecule has 0 aromatic carbocycles. The van der Waals surface area contributed by atoms with Crippen molar-refractivity contribution in [3.05, 3.63) is 0 Å².